The Balaban J connectivity index is 1.80. The zero-order valence-corrected chi connectivity index (χ0v) is 16.9. The first-order valence-electron chi connectivity index (χ1n) is 9.21. The number of benzene rings is 2. The maximum Gasteiger partial charge on any atom is 0.251 e. The number of nitrogens with one attached hydrogen (secondary N) is 1. The Hall–Kier alpha value is -1.96. The van der Waals surface area contributed by atoms with Crippen LogP contribution in [0.2, 0.25) is 5.02 Å². The van der Waals surface area contributed by atoms with E-state index in [-0.39, 0.29) is 22.0 Å². The molecule has 1 fully saturated rings. The van der Waals surface area contributed by atoms with E-state index in [1.54, 1.807) is 18.2 Å². The number of nitrogens with zero attached hydrogens (tertiary/aromatic N) is 1. The van der Waals surface area contributed by atoms with Gasteiger partial charge in [0, 0.05) is 30.8 Å². The molecule has 0 unspecified atom stereocenters. The summed E-state index contributed by atoms with van der Waals surface area (Å²) < 4.78 is 41.2. The summed E-state index contributed by atoms with van der Waals surface area (Å²) in [4.78, 5) is 12.4. The van der Waals surface area contributed by atoms with E-state index < -0.39 is 21.7 Å². The molecule has 1 N–H and O–H groups in total. The Labute approximate surface area is 169 Å². The predicted octanol–water partition coefficient (Wildman–Crippen LogP) is 3.97. The lowest BCUT2D eigenvalue weighted by molar-refractivity contribution is 0.0950. The molecule has 0 bridgehead atoms. The molecule has 1 amide bonds. The number of hydrogen-bond donors (Lipinski definition) is 1. The van der Waals surface area contributed by atoms with Crippen LogP contribution >= 0.6 is 11.6 Å². The monoisotopic (exact) mass is 424 g/mol. The lowest BCUT2D eigenvalue weighted by Gasteiger charge is -2.21. The van der Waals surface area contributed by atoms with Gasteiger partial charge in [0.05, 0.1) is 5.02 Å². The van der Waals surface area contributed by atoms with E-state index >= 15 is 0 Å². The first kappa shape index (κ1) is 20.8. The van der Waals surface area contributed by atoms with Crippen molar-refractivity contribution in [3.8, 4) is 0 Å². The molecule has 0 atom stereocenters. The zero-order valence-electron chi connectivity index (χ0n) is 15.3. The summed E-state index contributed by atoms with van der Waals surface area (Å²) in [5.41, 5.74) is 0.511. The molecule has 3 rings (SSSR count). The van der Waals surface area contributed by atoms with Crippen molar-refractivity contribution in [3.63, 3.8) is 0 Å². The number of carbonyl (C=O) groups is 1. The number of sulfonamides is 1. The Morgan fingerprint density at radius 3 is 2.43 bits per heavy atom. The molecule has 150 valence electrons. The van der Waals surface area contributed by atoms with E-state index in [1.807, 2.05) is 0 Å². The number of hydrogen-bond acceptors (Lipinski definition) is 3. The lowest BCUT2D eigenvalue weighted by Crippen LogP contribution is -2.32. The Kier molecular flexibility index (Phi) is 6.69. The van der Waals surface area contributed by atoms with Crippen molar-refractivity contribution in [2.45, 2.75) is 37.1 Å². The quantitative estimate of drug-likeness (QED) is 0.789. The van der Waals surface area contributed by atoms with Crippen molar-refractivity contribution in [1.82, 2.24) is 9.62 Å². The number of carbonyl (C=O) groups excluding carboxylic acids is 1. The van der Waals surface area contributed by atoms with Gasteiger partial charge in [0.1, 0.15) is 10.7 Å². The molecule has 28 heavy (non-hydrogen) atoms. The van der Waals surface area contributed by atoms with Crippen LogP contribution < -0.4 is 5.32 Å². The number of rotatable bonds is 5. The molecular weight excluding hydrogens is 403 g/mol. The second-order valence-electron chi connectivity index (χ2n) is 6.74. The van der Waals surface area contributed by atoms with Gasteiger partial charge in [-0.2, -0.15) is 4.31 Å². The lowest BCUT2D eigenvalue weighted by atomic mass is 10.2. The summed E-state index contributed by atoms with van der Waals surface area (Å²) in [5, 5.41) is 2.69. The molecule has 0 radical (unpaired) electrons. The highest BCUT2D eigenvalue weighted by Gasteiger charge is 2.28. The number of amides is 1. The molecule has 1 aliphatic heterocycles. The Morgan fingerprint density at radius 2 is 1.75 bits per heavy atom. The molecule has 5 nitrogen and oxygen atoms in total. The highest BCUT2D eigenvalue weighted by molar-refractivity contribution is 7.89. The molecule has 1 saturated heterocycles. The number of halogens is 2. The van der Waals surface area contributed by atoms with Crippen molar-refractivity contribution in [3.05, 3.63) is 64.4 Å². The van der Waals surface area contributed by atoms with E-state index in [2.05, 4.69) is 5.32 Å². The highest BCUT2D eigenvalue weighted by Crippen LogP contribution is 2.27. The van der Waals surface area contributed by atoms with Crippen LogP contribution in [-0.2, 0) is 16.6 Å². The molecule has 2 aromatic carbocycles. The first-order valence-corrected chi connectivity index (χ1v) is 11.0. The maximum absolute atomic E-state index is 13.7. The summed E-state index contributed by atoms with van der Waals surface area (Å²) in [6, 6.07) is 10.3. The van der Waals surface area contributed by atoms with Crippen LogP contribution in [-0.4, -0.2) is 31.7 Å². The van der Waals surface area contributed by atoms with Gasteiger partial charge in [-0.05, 0) is 37.1 Å². The topological polar surface area (TPSA) is 66.5 Å². The van der Waals surface area contributed by atoms with Crippen LogP contribution in [0.15, 0.2) is 47.4 Å². The van der Waals surface area contributed by atoms with Gasteiger partial charge in [-0.1, -0.05) is 42.6 Å². The zero-order chi connectivity index (χ0) is 20.1. The smallest absolute Gasteiger partial charge is 0.251 e. The van der Waals surface area contributed by atoms with Crippen LogP contribution in [0.1, 0.15) is 41.6 Å². The van der Waals surface area contributed by atoms with Crippen molar-refractivity contribution in [1.29, 1.82) is 0 Å². The molecule has 1 aliphatic rings. The fourth-order valence-electron chi connectivity index (χ4n) is 3.18. The fourth-order valence-corrected chi connectivity index (χ4v) is 5.20. The molecule has 2 aromatic rings. The van der Waals surface area contributed by atoms with Gasteiger partial charge in [0.2, 0.25) is 10.0 Å². The largest absolute Gasteiger partial charge is 0.348 e. The van der Waals surface area contributed by atoms with Gasteiger partial charge in [-0.25, -0.2) is 12.8 Å². The van der Waals surface area contributed by atoms with Gasteiger partial charge in [0.15, 0.2) is 0 Å². The summed E-state index contributed by atoms with van der Waals surface area (Å²) in [5.74, 6) is -0.907. The SMILES string of the molecule is O=C(NCc1ccccc1F)c1ccc(Cl)c(S(=O)(=O)N2CCCCCC2)c1. The molecule has 0 aliphatic carbocycles. The summed E-state index contributed by atoms with van der Waals surface area (Å²) >= 11 is 6.15. The molecule has 8 heteroatoms. The Morgan fingerprint density at radius 1 is 1.07 bits per heavy atom. The summed E-state index contributed by atoms with van der Waals surface area (Å²) in [6.07, 6.45) is 3.61. The van der Waals surface area contributed by atoms with Gasteiger partial charge in [0.25, 0.3) is 5.91 Å². The second kappa shape index (κ2) is 9.03. The van der Waals surface area contributed by atoms with Crippen molar-refractivity contribution in [2.24, 2.45) is 0 Å². The van der Waals surface area contributed by atoms with Crippen molar-refractivity contribution >= 4 is 27.5 Å². The molecule has 1 heterocycles. The van der Waals surface area contributed by atoms with Gasteiger partial charge >= 0.3 is 0 Å². The fraction of sp³-hybridized carbons (Fsp3) is 0.350. The third-order valence-electron chi connectivity index (χ3n) is 4.77. The average Bonchev–Trinajstić information content (AvgIpc) is 2.97. The molecule has 0 saturated carbocycles. The summed E-state index contributed by atoms with van der Waals surface area (Å²) in [7, 11) is -3.78. The van der Waals surface area contributed by atoms with Crippen LogP contribution in [0, 0.1) is 5.82 Å². The second-order valence-corrected chi connectivity index (χ2v) is 9.05. The van der Waals surface area contributed by atoms with Gasteiger partial charge in [-0.3, -0.25) is 4.79 Å². The minimum atomic E-state index is -3.78. The maximum atomic E-state index is 13.7. The highest BCUT2D eigenvalue weighted by atomic mass is 35.5. The van der Waals surface area contributed by atoms with Crippen LogP contribution in [0.25, 0.3) is 0 Å². The van der Waals surface area contributed by atoms with Gasteiger partial charge < -0.3 is 5.32 Å². The third kappa shape index (κ3) is 4.71. The predicted molar refractivity (Wildman–Crippen MR) is 106 cm³/mol. The average molecular weight is 425 g/mol. The van der Waals surface area contributed by atoms with Crippen molar-refractivity contribution in [2.75, 3.05) is 13.1 Å². The molecule has 0 aromatic heterocycles. The molecule has 0 spiro atoms. The van der Waals surface area contributed by atoms with Crippen LogP contribution in [0.5, 0.6) is 0 Å². The van der Waals surface area contributed by atoms with E-state index in [0.717, 1.165) is 25.7 Å². The minimum Gasteiger partial charge on any atom is -0.348 e. The Bertz CT molecular complexity index is 958. The minimum absolute atomic E-state index is 0.00232. The third-order valence-corrected chi connectivity index (χ3v) is 7.15. The van der Waals surface area contributed by atoms with E-state index in [9.17, 15) is 17.6 Å². The standard InChI is InChI=1S/C20H22ClFN2O3S/c21-17-10-9-15(20(25)23-14-16-7-3-4-8-18(16)22)13-19(17)28(26,27)24-11-5-1-2-6-12-24/h3-4,7-10,13H,1-2,5-6,11-12,14H2,(H,23,25). The summed E-state index contributed by atoms with van der Waals surface area (Å²) in [6.45, 7) is 0.896. The molecular formula is C20H22ClFN2O3S. The first-order chi connectivity index (χ1) is 13.4. The van der Waals surface area contributed by atoms with Gasteiger partial charge in [-0.15, -0.1) is 0 Å². The van der Waals surface area contributed by atoms with E-state index in [0.29, 0.717) is 18.7 Å². The van der Waals surface area contributed by atoms with E-state index in [4.69, 9.17) is 11.6 Å². The van der Waals surface area contributed by atoms with Crippen molar-refractivity contribution < 1.29 is 17.6 Å². The van der Waals surface area contributed by atoms with Crippen LogP contribution in [0.3, 0.4) is 0 Å². The van der Waals surface area contributed by atoms with E-state index in [1.165, 1.54) is 28.6 Å². The van der Waals surface area contributed by atoms with Crippen LogP contribution in [0.4, 0.5) is 4.39 Å². The normalized spacial score (nSPS) is 15.8.